The van der Waals surface area contributed by atoms with Crippen molar-refractivity contribution in [3.05, 3.63) is 95.6 Å². The number of amides is 4. The SMILES string of the molecule is CC(C)C[C@H]1C(=O)O[C@H](Cc2ccc(Cn3cc(OC(F)F)cn3)cc2)C(=O)N(C)[C@@H](CC(C)C)C(=O)O[C@H](C)C(=O)N(C)[C@@H](CC(C)C)C(=O)O[C@H](Cc2ccc(Cn3cc(OC(F)F)cn3)cc2)C(=O)N(C)[C@@H](CC(C)C)C(=O)O[C@H](C)C(=O)N1C. The third-order valence-corrected chi connectivity index (χ3v) is 14.7. The number of rotatable bonds is 20. The highest BCUT2D eigenvalue weighted by atomic mass is 19.3. The summed E-state index contributed by atoms with van der Waals surface area (Å²) in [6.07, 6.45) is -2.03. The van der Waals surface area contributed by atoms with Crippen molar-refractivity contribution < 1.29 is 84.3 Å². The molecule has 1 aliphatic heterocycles. The Kier molecular flexibility index (Phi) is 25.9. The monoisotopic (exact) mass is 1240 g/mol. The Hall–Kier alpha value is -8.06. The number of benzene rings is 2. The molecule has 0 spiro atoms. The third-order valence-electron chi connectivity index (χ3n) is 14.7. The molecule has 0 saturated carbocycles. The first-order valence-electron chi connectivity index (χ1n) is 29.3. The molecule has 4 amide bonds. The molecule has 4 aromatic rings. The van der Waals surface area contributed by atoms with Crippen molar-refractivity contribution in [3.63, 3.8) is 0 Å². The van der Waals surface area contributed by atoms with Gasteiger partial charge in [0.15, 0.2) is 35.9 Å². The predicted molar refractivity (Wildman–Crippen MR) is 311 cm³/mol. The number of alkyl halides is 4. The van der Waals surface area contributed by atoms with E-state index in [1.807, 2.05) is 0 Å². The molecule has 2 aromatic carbocycles. The minimum atomic E-state index is -3.04. The summed E-state index contributed by atoms with van der Waals surface area (Å²) in [5.74, 6) is -8.67. The lowest BCUT2D eigenvalue weighted by Gasteiger charge is -2.35. The van der Waals surface area contributed by atoms with Gasteiger partial charge in [0.1, 0.15) is 24.2 Å². The Balaban J connectivity index is 1.57. The molecule has 8 atom stereocenters. The van der Waals surface area contributed by atoms with Gasteiger partial charge in [0, 0.05) is 41.0 Å². The van der Waals surface area contributed by atoms with E-state index in [1.54, 1.807) is 104 Å². The van der Waals surface area contributed by atoms with Crippen LogP contribution in [0.2, 0.25) is 0 Å². The van der Waals surface area contributed by atoms with Gasteiger partial charge in [-0.3, -0.25) is 28.5 Å². The van der Waals surface area contributed by atoms with Gasteiger partial charge in [-0.05, 0) is 85.5 Å². The van der Waals surface area contributed by atoms with Crippen molar-refractivity contribution in [2.75, 3.05) is 28.2 Å². The van der Waals surface area contributed by atoms with Crippen molar-refractivity contribution >= 4 is 47.5 Å². The minimum absolute atomic E-state index is 0.00556. The summed E-state index contributed by atoms with van der Waals surface area (Å²) in [5, 5.41) is 8.13. The van der Waals surface area contributed by atoms with Crippen LogP contribution in [0, 0.1) is 23.7 Å². The van der Waals surface area contributed by atoms with E-state index in [0.717, 1.165) is 32.0 Å². The van der Waals surface area contributed by atoms with Crippen molar-refractivity contribution in [2.24, 2.45) is 23.7 Å². The summed E-state index contributed by atoms with van der Waals surface area (Å²) in [6.45, 7) is 11.2. The summed E-state index contributed by atoms with van der Waals surface area (Å²) in [4.78, 5) is 122. The normalized spacial score (nSPS) is 22.3. The molecule has 0 unspecified atom stereocenters. The second-order valence-corrected chi connectivity index (χ2v) is 23.9. The number of likely N-dealkylation sites (N-methyl/N-ethyl adjacent to an activating group) is 4. The maximum absolute atomic E-state index is 15.0. The van der Waals surface area contributed by atoms with Crippen LogP contribution < -0.4 is 9.47 Å². The molecule has 0 radical (unpaired) electrons. The van der Waals surface area contributed by atoms with Gasteiger partial charge in [-0.25, -0.2) is 19.2 Å². The quantitative estimate of drug-likeness (QED) is 0.0477. The summed E-state index contributed by atoms with van der Waals surface area (Å²) in [6, 6.07) is 7.91. The number of esters is 4. The third kappa shape index (κ3) is 20.5. The molecule has 0 aliphatic carbocycles. The molecular formula is C62H84F4N8O14. The molecule has 22 nitrogen and oxygen atoms in total. The number of hydrogen-bond donors (Lipinski definition) is 0. The van der Waals surface area contributed by atoms with Crippen LogP contribution in [0.15, 0.2) is 73.3 Å². The smallest absolute Gasteiger partial charge is 0.387 e. The van der Waals surface area contributed by atoms with Crippen LogP contribution in [0.1, 0.15) is 117 Å². The number of carbonyl (C=O) groups is 8. The maximum atomic E-state index is 15.0. The number of nitrogens with zero attached hydrogens (tertiary/aromatic N) is 8. The largest absolute Gasteiger partial charge is 0.451 e. The van der Waals surface area contributed by atoms with Crippen molar-refractivity contribution in [1.82, 2.24) is 39.2 Å². The van der Waals surface area contributed by atoms with E-state index < -0.39 is 109 Å². The van der Waals surface area contributed by atoms with E-state index in [9.17, 15) is 46.3 Å². The number of carbonyl (C=O) groups excluding carboxylic acids is 8. The summed E-state index contributed by atoms with van der Waals surface area (Å²) in [7, 11) is 5.30. The lowest BCUT2D eigenvalue weighted by molar-refractivity contribution is -0.176. The van der Waals surface area contributed by atoms with Gasteiger partial charge in [0.25, 0.3) is 23.6 Å². The van der Waals surface area contributed by atoms with E-state index in [1.165, 1.54) is 63.8 Å². The average molecular weight is 1240 g/mol. The molecular weight excluding hydrogens is 1160 g/mol. The van der Waals surface area contributed by atoms with Crippen LogP contribution in [0.3, 0.4) is 0 Å². The van der Waals surface area contributed by atoms with Gasteiger partial charge in [-0.15, -0.1) is 0 Å². The highest BCUT2D eigenvalue weighted by Gasteiger charge is 2.43. The fraction of sp³-hybridized carbons (Fsp3) is 0.581. The van der Waals surface area contributed by atoms with Crippen molar-refractivity contribution in [1.29, 1.82) is 0 Å². The van der Waals surface area contributed by atoms with Crippen LogP contribution in [0.25, 0.3) is 0 Å². The number of halogens is 4. The van der Waals surface area contributed by atoms with Gasteiger partial charge in [-0.2, -0.15) is 27.8 Å². The van der Waals surface area contributed by atoms with E-state index >= 15 is 9.59 Å². The molecule has 0 bridgehead atoms. The van der Waals surface area contributed by atoms with E-state index in [-0.39, 0.29) is 86.8 Å². The van der Waals surface area contributed by atoms with Crippen LogP contribution in [0.5, 0.6) is 11.5 Å². The first kappa shape index (κ1) is 70.7. The molecule has 26 heteroatoms. The Morgan fingerprint density at radius 2 is 0.682 bits per heavy atom. The van der Waals surface area contributed by atoms with Crippen molar-refractivity contribution in [2.45, 2.75) is 183 Å². The minimum Gasteiger partial charge on any atom is -0.451 e. The molecule has 5 rings (SSSR count). The first-order chi connectivity index (χ1) is 41.3. The van der Waals surface area contributed by atoms with Crippen LogP contribution in [-0.2, 0) is 83.2 Å². The Bertz CT molecular complexity index is 2780. The Morgan fingerprint density at radius 1 is 0.420 bits per heavy atom. The predicted octanol–water partition coefficient (Wildman–Crippen LogP) is 7.36. The van der Waals surface area contributed by atoms with Gasteiger partial charge < -0.3 is 48.0 Å². The zero-order valence-electron chi connectivity index (χ0n) is 52.5. The molecule has 1 fully saturated rings. The lowest BCUT2D eigenvalue weighted by atomic mass is 9.99. The number of ether oxygens (including phenoxy) is 6. The number of aromatic nitrogens is 4. The highest BCUT2D eigenvalue weighted by Crippen LogP contribution is 2.26. The van der Waals surface area contributed by atoms with Gasteiger partial charge in [0.2, 0.25) is 0 Å². The van der Waals surface area contributed by atoms with Crippen LogP contribution in [0.4, 0.5) is 17.6 Å². The summed E-state index contributed by atoms with van der Waals surface area (Å²) in [5.41, 5.74) is 2.30. The Labute approximate surface area is 511 Å². The fourth-order valence-corrected chi connectivity index (χ4v) is 10.0. The average Bonchev–Trinajstić information content (AvgIpc) is 3.23. The zero-order chi connectivity index (χ0) is 65.4. The van der Waals surface area contributed by atoms with Crippen LogP contribution >= 0.6 is 0 Å². The number of cyclic esters (lactones) is 4. The second kappa shape index (κ2) is 32.2. The van der Waals surface area contributed by atoms with E-state index in [0.29, 0.717) is 22.3 Å². The van der Waals surface area contributed by atoms with Crippen molar-refractivity contribution in [3.8, 4) is 11.5 Å². The first-order valence-corrected chi connectivity index (χ1v) is 29.3. The number of hydrogen-bond acceptors (Lipinski definition) is 16. The van der Waals surface area contributed by atoms with Crippen LogP contribution in [-0.4, -0.2) is 177 Å². The molecule has 1 saturated heterocycles. The highest BCUT2D eigenvalue weighted by molar-refractivity contribution is 5.94. The molecule has 484 valence electrons. The van der Waals surface area contributed by atoms with E-state index in [4.69, 9.17) is 18.9 Å². The second-order valence-electron chi connectivity index (χ2n) is 23.9. The zero-order valence-corrected chi connectivity index (χ0v) is 52.5. The standard InChI is InChI=1S/C62H84F4N8O14/c1-35(2)23-47-57(79)83-39(9)53(75)69(11)50(26-38(7)8)60(82)88-52(28-42-17-21-44(22-18-42)32-74-34-46(30-68-74)86-62(65)66)56(78)72(14)48(24-36(3)4)58(80)84-40(10)54(76)70(12)49(25-37(5)6)59(81)87-51(55(77)71(47)13)27-41-15-19-43(20-16-41)31-73-33-45(29-67-73)85-61(63)64/h15-22,29-30,33-40,47-52,61-62H,23-28,31-32H2,1-14H3/t39-,40-,47+,48+,49+,50+,51-,52-/m1/s1. The lowest BCUT2D eigenvalue weighted by Crippen LogP contribution is -2.55. The Morgan fingerprint density at radius 3 is 0.955 bits per heavy atom. The maximum Gasteiger partial charge on any atom is 0.387 e. The topological polar surface area (TPSA) is 241 Å². The molecule has 3 heterocycles. The fourth-order valence-electron chi connectivity index (χ4n) is 10.0. The molecule has 88 heavy (non-hydrogen) atoms. The summed E-state index contributed by atoms with van der Waals surface area (Å²) < 4.78 is 87.0. The van der Waals surface area contributed by atoms with E-state index in [2.05, 4.69) is 19.7 Å². The molecule has 1 aliphatic rings. The van der Waals surface area contributed by atoms with Gasteiger partial charge in [0.05, 0.1) is 37.9 Å². The summed E-state index contributed by atoms with van der Waals surface area (Å²) >= 11 is 0. The van der Waals surface area contributed by atoms with Gasteiger partial charge in [-0.1, -0.05) is 104 Å². The van der Waals surface area contributed by atoms with Gasteiger partial charge >= 0.3 is 37.1 Å². The molecule has 0 N–H and O–H groups in total. The molecule has 2 aromatic heterocycles.